The fraction of sp³-hybridized carbons (Fsp3) is 0.143. The van der Waals surface area contributed by atoms with Gasteiger partial charge < -0.3 is 0 Å². The summed E-state index contributed by atoms with van der Waals surface area (Å²) < 4.78 is 0. The van der Waals surface area contributed by atoms with E-state index in [1.807, 2.05) is 0 Å². The van der Waals surface area contributed by atoms with E-state index in [0.717, 1.165) is 6.42 Å². The van der Waals surface area contributed by atoms with Gasteiger partial charge >= 0.3 is 0 Å². The molecule has 21 heavy (non-hydrogen) atoms. The van der Waals surface area contributed by atoms with Crippen molar-refractivity contribution in [2.45, 2.75) is 20.3 Å². The Labute approximate surface area is 127 Å². The van der Waals surface area contributed by atoms with E-state index in [0.29, 0.717) is 0 Å². The molecule has 3 aromatic carbocycles. The lowest BCUT2D eigenvalue weighted by molar-refractivity contribution is 1.16. The zero-order valence-corrected chi connectivity index (χ0v) is 12.6. The van der Waals surface area contributed by atoms with E-state index in [1.165, 1.54) is 33.4 Å². The highest BCUT2D eigenvalue weighted by Gasteiger charge is 2.08. The van der Waals surface area contributed by atoms with Crippen LogP contribution in [0, 0.1) is 13.8 Å². The van der Waals surface area contributed by atoms with E-state index in [9.17, 15) is 0 Å². The Balaban J connectivity index is 2.02. The van der Waals surface area contributed by atoms with Gasteiger partial charge in [0, 0.05) is 0 Å². The van der Waals surface area contributed by atoms with Crippen molar-refractivity contribution in [3.63, 3.8) is 0 Å². The van der Waals surface area contributed by atoms with Crippen molar-refractivity contribution >= 4 is 0 Å². The first kappa shape index (κ1) is 13.6. The second kappa shape index (κ2) is 5.97. The Morgan fingerprint density at radius 1 is 0.619 bits per heavy atom. The van der Waals surface area contributed by atoms with Crippen molar-refractivity contribution in [3.05, 3.63) is 95.1 Å². The van der Waals surface area contributed by atoms with Crippen molar-refractivity contribution in [2.24, 2.45) is 0 Å². The van der Waals surface area contributed by atoms with Crippen molar-refractivity contribution in [2.75, 3.05) is 0 Å². The number of benzene rings is 3. The smallest absolute Gasteiger partial charge is 0.00229 e. The van der Waals surface area contributed by atoms with Crippen LogP contribution < -0.4 is 0 Å². The Morgan fingerprint density at radius 3 is 2.05 bits per heavy atom. The number of hydrogen-bond donors (Lipinski definition) is 0. The molecule has 0 radical (unpaired) electrons. The molecule has 0 heterocycles. The summed E-state index contributed by atoms with van der Waals surface area (Å²) in [5, 5.41) is 0. The predicted octanol–water partition coefficient (Wildman–Crippen LogP) is 5.56. The molecule has 0 aliphatic carbocycles. The highest BCUT2D eigenvalue weighted by molar-refractivity contribution is 5.71. The SMILES string of the molecule is Cc1ccccc1-c1cccc(Cc2ccccc2)c1C. The molecule has 0 nitrogen and oxygen atoms in total. The quantitative estimate of drug-likeness (QED) is 0.585. The number of aryl methyl sites for hydroxylation is 1. The van der Waals surface area contributed by atoms with Crippen molar-refractivity contribution < 1.29 is 0 Å². The predicted molar refractivity (Wildman–Crippen MR) is 90.6 cm³/mol. The summed E-state index contributed by atoms with van der Waals surface area (Å²) in [6.45, 7) is 4.42. The summed E-state index contributed by atoms with van der Waals surface area (Å²) in [4.78, 5) is 0. The minimum Gasteiger partial charge on any atom is -0.0622 e. The molecule has 0 bridgehead atoms. The first-order valence-corrected chi connectivity index (χ1v) is 7.44. The highest BCUT2D eigenvalue weighted by atomic mass is 14.1. The molecule has 0 N–H and O–H groups in total. The van der Waals surface area contributed by atoms with E-state index in [-0.39, 0.29) is 0 Å². The standard InChI is InChI=1S/C21H20/c1-16-9-6-7-13-20(16)21-14-8-12-19(17(21)2)15-18-10-4-3-5-11-18/h3-14H,15H2,1-2H3. The van der Waals surface area contributed by atoms with Crippen molar-refractivity contribution in [1.82, 2.24) is 0 Å². The van der Waals surface area contributed by atoms with Crippen LogP contribution in [-0.2, 0) is 6.42 Å². The maximum absolute atomic E-state index is 2.24. The third-order valence-corrected chi connectivity index (χ3v) is 4.12. The molecular formula is C21H20. The third kappa shape index (κ3) is 2.90. The van der Waals surface area contributed by atoms with Crippen LogP contribution in [0.5, 0.6) is 0 Å². The monoisotopic (exact) mass is 272 g/mol. The van der Waals surface area contributed by atoms with E-state index in [4.69, 9.17) is 0 Å². The second-order valence-corrected chi connectivity index (χ2v) is 5.57. The largest absolute Gasteiger partial charge is 0.0622 e. The van der Waals surface area contributed by atoms with E-state index < -0.39 is 0 Å². The van der Waals surface area contributed by atoms with Crippen LogP contribution in [0.2, 0.25) is 0 Å². The number of rotatable bonds is 3. The molecule has 0 spiro atoms. The third-order valence-electron chi connectivity index (χ3n) is 4.12. The average molecular weight is 272 g/mol. The summed E-state index contributed by atoms with van der Waals surface area (Å²) >= 11 is 0. The van der Waals surface area contributed by atoms with Gasteiger partial charge in [-0.3, -0.25) is 0 Å². The minimum absolute atomic E-state index is 0.992. The van der Waals surface area contributed by atoms with E-state index in [1.54, 1.807) is 0 Å². The molecule has 0 amide bonds. The summed E-state index contributed by atoms with van der Waals surface area (Å²) in [5.74, 6) is 0. The lowest BCUT2D eigenvalue weighted by Crippen LogP contribution is -1.95. The molecule has 3 aromatic rings. The second-order valence-electron chi connectivity index (χ2n) is 5.57. The fourth-order valence-corrected chi connectivity index (χ4v) is 2.86. The normalized spacial score (nSPS) is 10.6. The van der Waals surface area contributed by atoms with Gasteiger partial charge in [0.15, 0.2) is 0 Å². The molecule has 0 heteroatoms. The van der Waals surface area contributed by atoms with Gasteiger partial charge in [-0.25, -0.2) is 0 Å². The molecule has 0 saturated heterocycles. The first-order chi connectivity index (χ1) is 10.3. The molecule has 0 aliphatic heterocycles. The molecule has 0 saturated carbocycles. The average Bonchev–Trinajstić information content (AvgIpc) is 2.51. The molecule has 104 valence electrons. The molecule has 3 rings (SSSR count). The van der Waals surface area contributed by atoms with Gasteiger partial charge in [0.25, 0.3) is 0 Å². The molecular weight excluding hydrogens is 252 g/mol. The molecule has 0 fully saturated rings. The van der Waals surface area contributed by atoms with Crippen LogP contribution in [0.25, 0.3) is 11.1 Å². The van der Waals surface area contributed by atoms with Crippen LogP contribution in [0.3, 0.4) is 0 Å². The van der Waals surface area contributed by atoms with E-state index >= 15 is 0 Å². The minimum atomic E-state index is 0.992. The molecule has 0 aromatic heterocycles. The zero-order chi connectivity index (χ0) is 14.7. The maximum atomic E-state index is 2.24. The fourth-order valence-electron chi connectivity index (χ4n) is 2.86. The Hall–Kier alpha value is -2.34. The Bertz CT molecular complexity index is 739. The van der Waals surface area contributed by atoms with Crippen LogP contribution >= 0.6 is 0 Å². The molecule has 0 atom stereocenters. The van der Waals surface area contributed by atoms with Crippen LogP contribution in [0.1, 0.15) is 22.3 Å². The summed E-state index contributed by atoms with van der Waals surface area (Å²) in [7, 11) is 0. The van der Waals surface area contributed by atoms with Gasteiger partial charge in [-0.15, -0.1) is 0 Å². The lowest BCUT2D eigenvalue weighted by atomic mass is 9.91. The van der Waals surface area contributed by atoms with Crippen LogP contribution in [0.4, 0.5) is 0 Å². The van der Waals surface area contributed by atoms with Gasteiger partial charge in [0.2, 0.25) is 0 Å². The van der Waals surface area contributed by atoms with Crippen LogP contribution in [0.15, 0.2) is 72.8 Å². The van der Waals surface area contributed by atoms with Gasteiger partial charge in [0.1, 0.15) is 0 Å². The van der Waals surface area contributed by atoms with Gasteiger partial charge in [-0.2, -0.15) is 0 Å². The summed E-state index contributed by atoms with van der Waals surface area (Å²) in [5.41, 5.74) is 8.17. The highest BCUT2D eigenvalue weighted by Crippen LogP contribution is 2.29. The Morgan fingerprint density at radius 2 is 1.29 bits per heavy atom. The maximum Gasteiger partial charge on any atom is -0.00229 e. The topological polar surface area (TPSA) is 0 Å². The van der Waals surface area contributed by atoms with Crippen molar-refractivity contribution in [3.8, 4) is 11.1 Å². The van der Waals surface area contributed by atoms with Gasteiger partial charge in [0.05, 0.1) is 0 Å². The summed E-state index contributed by atoms with van der Waals surface area (Å²) in [6, 6.07) is 25.9. The van der Waals surface area contributed by atoms with Gasteiger partial charge in [-0.1, -0.05) is 72.8 Å². The van der Waals surface area contributed by atoms with Crippen LogP contribution in [-0.4, -0.2) is 0 Å². The summed E-state index contributed by atoms with van der Waals surface area (Å²) in [6.07, 6.45) is 0.992. The Kier molecular flexibility index (Phi) is 3.87. The molecule has 0 unspecified atom stereocenters. The number of hydrogen-bond acceptors (Lipinski definition) is 0. The lowest BCUT2D eigenvalue weighted by Gasteiger charge is -2.13. The zero-order valence-electron chi connectivity index (χ0n) is 12.6. The van der Waals surface area contributed by atoms with Crippen molar-refractivity contribution in [1.29, 1.82) is 0 Å². The molecule has 0 aliphatic rings. The van der Waals surface area contributed by atoms with E-state index in [2.05, 4.69) is 86.6 Å². The first-order valence-electron chi connectivity index (χ1n) is 7.44. The van der Waals surface area contributed by atoms with Gasteiger partial charge in [-0.05, 0) is 53.6 Å².